The van der Waals surface area contributed by atoms with Crippen molar-refractivity contribution in [3.63, 3.8) is 0 Å². The molecule has 1 fully saturated rings. The lowest BCUT2D eigenvalue weighted by Crippen LogP contribution is -2.43. The first kappa shape index (κ1) is 16.2. The first-order chi connectivity index (χ1) is 11.1. The van der Waals surface area contributed by atoms with E-state index >= 15 is 0 Å². The molecule has 124 valence electrons. The first-order valence-corrected chi connectivity index (χ1v) is 8.57. The van der Waals surface area contributed by atoms with Crippen molar-refractivity contribution in [2.75, 3.05) is 19.7 Å². The number of aliphatic hydroxyl groups excluding tert-OH is 1. The highest BCUT2D eigenvalue weighted by atomic mass is 16.3. The Hall–Kier alpha value is -1.65. The number of likely N-dealkylation sites (tertiary alicyclic amines) is 1. The second-order valence-electron chi connectivity index (χ2n) is 6.73. The summed E-state index contributed by atoms with van der Waals surface area (Å²) in [6, 6.07) is 6.53. The number of aromatic amines is 1. The van der Waals surface area contributed by atoms with Crippen LogP contribution in [0.5, 0.6) is 0 Å². The number of piperidine rings is 1. The summed E-state index contributed by atoms with van der Waals surface area (Å²) in [6.07, 6.45) is 4.18. The van der Waals surface area contributed by atoms with Crippen LogP contribution in [0.25, 0.3) is 10.9 Å². The summed E-state index contributed by atoms with van der Waals surface area (Å²) < 4.78 is 0. The van der Waals surface area contributed by atoms with E-state index in [1.54, 1.807) is 0 Å². The lowest BCUT2D eigenvalue weighted by molar-refractivity contribution is 0.0800. The van der Waals surface area contributed by atoms with Gasteiger partial charge in [0.25, 0.3) is 0 Å². The highest BCUT2D eigenvalue weighted by molar-refractivity contribution is 6.10. The van der Waals surface area contributed by atoms with Crippen molar-refractivity contribution in [1.29, 1.82) is 0 Å². The lowest BCUT2D eigenvalue weighted by atomic mass is 9.98. The molecule has 4 heteroatoms. The van der Waals surface area contributed by atoms with Gasteiger partial charge in [-0.05, 0) is 51.3 Å². The van der Waals surface area contributed by atoms with Gasteiger partial charge in [0.2, 0.25) is 0 Å². The number of aliphatic hydroxyl groups is 1. The molecule has 0 bridgehead atoms. The Morgan fingerprint density at radius 2 is 2.17 bits per heavy atom. The molecule has 2 heterocycles. The highest BCUT2D eigenvalue weighted by Crippen LogP contribution is 2.25. The average Bonchev–Trinajstić information content (AvgIpc) is 2.84. The number of benzene rings is 1. The van der Waals surface area contributed by atoms with Gasteiger partial charge in [-0.1, -0.05) is 18.6 Å². The number of Topliss-reactive ketones (excluding diaryl/α,β-unsaturated/α-hetero) is 1. The zero-order chi connectivity index (χ0) is 16.4. The molecule has 2 N–H and O–H groups in total. The maximum atomic E-state index is 12.9. The standard InChI is InChI=1S/C19H26N2O2/c1-13-6-7-16-17(11-13)20-14(2)19(16)18(23)12-21-9-4-3-5-15(21)8-10-22/h6-7,11,15,20,22H,3-5,8-10,12H2,1-2H3/t15-/m1/s1. The van der Waals surface area contributed by atoms with Gasteiger partial charge in [-0.3, -0.25) is 9.69 Å². The van der Waals surface area contributed by atoms with E-state index < -0.39 is 0 Å². The van der Waals surface area contributed by atoms with E-state index in [1.165, 1.54) is 12.0 Å². The van der Waals surface area contributed by atoms with Crippen molar-refractivity contribution in [1.82, 2.24) is 9.88 Å². The van der Waals surface area contributed by atoms with Gasteiger partial charge in [0.1, 0.15) is 0 Å². The quantitative estimate of drug-likeness (QED) is 0.833. The first-order valence-electron chi connectivity index (χ1n) is 8.57. The van der Waals surface area contributed by atoms with Gasteiger partial charge in [0.05, 0.1) is 6.54 Å². The maximum absolute atomic E-state index is 12.9. The molecule has 1 aliphatic rings. The fourth-order valence-electron chi connectivity index (χ4n) is 3.81. The lowest BCUT2D eigenvalue weighted by Gasteiger charge is -2.34. The second-order valence-corrected chi connectivity index (χ2v) is 6.73. The normalized spacial score (nSPS) is 19.3. The topological polar surface area (TPSA) is 56.3 Å². The third-order valence-electron chi connectivity index (χ3n) is 4.98. The van der Waals surface area contributed by atoms with Gasteiger partial charge in [-0.2, -0.15) is 0 Å². The van der Waals surface area contributed by atoms with Crippen LogP contribution in [-0.2, 0) is 0 Å². The number of nitrogens with one attached hydrogen (secondary N) is 1. The number of H-pyrrole nitrogens is 1. The minimum Gasteiger partial charge on any atom is -0.396 e. The van der Waals surface area contributed by atoms with Gasteiger partial charge in [0, 0.05) is 34.8 Å². The van der Waals surface area contributed by atoms with Crippen LogP contribution in [0.1, 0.15) is 47.3 Å². The van der Waals surface area contributed by atoms with Crippen LogP contribution >= 0.6 is 0 Å². The number of hydrogen-bond donors (Lipinski definition) is 2. The van der Waals surface area contributed by atoms with E-state index in [9.17, 15) is 9.90 Å². The molecule has 0 radical (unpaired) electrons. The number of rotatable bonds is 5. The van der Waals surface area contributed by atoms with Gasteiger partial charge < -0.3 is 10.1 Å². The molecule has 1 aromatic heterocycles. The molecule has 0 aliphatic carbocycles. The molecular formula is C19H26N2O2. The van der Waals surface area contributed by atoms with Crippen molar-refractivity contribution in [2.45, 2.75) is 45.6 Å². The molecule has 3 rings (SSSR count). The summed E-state index contributed by atoms with van der Waals surface area (Å²) >= 11 is 0. The Morgan fingerprint density at radius 3 is 2.96 bits per heavy atom. The molecule has 2 aromatic rings. The zero-order valence-corrected chi connectivity index (χ0v) is 14.1. The Morgan fingerprint density at radius 1 is 1.35 bits per heavy atom. The zero-order valence-electron chi connectivity index (χ0n) is 14.1. The SMILES string of the molecule is Cc1ccc2c(C(=O)CN3CCCC[C@@H]3CCO)c(C)[nH]c2c1. The van der Waals surface area contributed by atoms with Crippen molar-refractivity contribution in [3.05, 3.63) is 35.0 Å². The fourth-order valence-corrected chi connectivity index (χ4v) is 3.81. The van der Waals surface area contributed by atoms with E-state index in [4.69, 9.17) is 0 Å². The number of hydrogen-bond acceptors (Lipinski definition) is 3. The van der Waals surface area contributed by atoms with Gasteiger partial charge in [-0.25, -0.2) is 0 Å². The summed E-state index contributed by atoms with van der Waals surface area (Å²) in [5.74, 6) is 0.183. The summed E-state index contributed by atoms with van der Waals surface area (Å²) in [6.45, 7) is 5.64. The Labute approximate surface area is 137 Å². The molecule has 23 heavy (non-hydrogen) atoms. The van der Waals surface area contributed by atoms with Crippen molar-refractivity contribution >= 4 is 16.7 Å². The van der Waals surface area contributed by atoms with E-state index in [0.717, 1.165) is 48.0 Å². The number of ketones is 1. The van der Waals surface area contributed by atoms with Crippen LogP contribution < -0.4 is 0 Å². The van der Waals surface area contributed by atoms with E-state index in [0.29, 0.717) is 12.6 Å². The highest BCUT2D eigenvalue weighted by Gasteiger charge is 2.26. The van der Waals surface area contributed by atoms with Crippen LogP contribution in [0.4, 0.5) is 0 Å². The van der Waals surface area contributed by atoms with Gasteiger partial charge in [0.15, 0.2) is 5.78 Å². The van der Waals surface area contributed by atoms with Crippen LogP contribution in [0.15, 0.2) is 18.2 Å². The molecular weight excluding hydrogens is 288 g/mol. The van der Waals surface area contributed by atoms with E-state index in [2.05, 4.69) is 28.9 Å². The van der Waals surface area contributed by atoms with Crippen LogP contribution in [-0.4, -0.2) is 46.5 Å². The maximum Gasteiger partial charge on any atom is 0.179 e. The number of nitrogens with zero attached hydrogens (tertiary/aromatic N) is 1. The minimum atomic E-state index is 0.183. The largest absolute Gasteiger partial charge is 0.396 e. The molecule has 4 nitrogen and oxygen atoms in total. The van der Waals surface area contributed by atoms with Crippen LogP contribution in [0.3, 0.4) is 0 Å². The molecule has 0 amide bonds. The number of fused-ring (bicyclic) bond motifs is 1. The number of aryl methyl sites for hydroxylation is 2. The van der Waals surface area contributed by atoms with Gasteiger partial charge in [-0.15, -0.1) is 0 Å². The summed E-state index contributed by atoms with van der Waals surface area (Å²) in [5.41, 5.74) is 4.01. The predicted molar refractivity (Wildman–Crippen MR) is 93.0 cm³/mol. The molecule has 1 saturated heterocycles. The van der Waals surface area contributed by atoms with Crippen LogP contribution in [0.2, 0.25) is 0 Å². The number of aromatic nitrogens is 1. The summed E-state index contributed by atoms with van der Waals surface area (Å²) in [7, 11) is 0. The summed E-state index contributed by atoms with van der Waals surface area (Å²) in [4.78, 5) is 18.5. The summed E-state index contributed by atoms with van der Waals surface area (Å²) in [5, 5.41) is 10.3. The molecule has 1 aliphatic heterocycles. The average molecular weight is 314 g/mol. The van der Waals surface area contributed by atoms with E-state index in [1.807, 2.05) is 13.0 Å². The Balaban J connectivity index is 1.84. The second kappa shape index (κ2) is 6.85. The Bertz CT molecular complexity index is 703. The third-order valence-corrected chi connectivity index (χ3v) is 4.98. The van der Waals surface area contributed by atoms with Crippen molar-refractivity contribution in [3.8, 4) is 0 Å². The molecule has 1 aromatic carbocycles. The predicted octanol–water partition coefficient (Wildman–Crippen LogP) is 3.20. The molecule has 1 atom stereocenters. The Kier molecular flexibility index (Phi) is 4.83. The van der Waals surface area contributed by atoms with Crippen molar-refractivity contribution < 1.29 is 9.90 Å². The third kappa shape index (κ3) is 3.33. The van der Waals surface area contributed by atoms with E-state index in [-0.39, 0.29) is 12.4 Å². The smallest absolute Gasteiger partial charge is 0.179 e. The van der Waals surface area contributed by atoms with Crippen LogP contribution in [0, 0.1) is 13.8 Å². The van der Waals surface area contributed by atoms with Gasteiger partial charge >= 0.3 is 0 Å². The molecule has 0 unspecified atom stereocenters. The minimum absolute atomic E-state index is 0.183. The number of carbonyl (C=O) groups is 1. The molecule has 0 saturated carbocycles. The number of carbonyl (C=O) groups excluding carboxylic acids is 1. The fraction of sp³-hybridized carbons (Fsp3) is 0.526. The monoisotopic (exact) mass is 314 g/mol. The van der Waals surface area contributed by atoms with Crippen molar-refractivity contribution in [2.24, 2.45) is 0 Å². The molecule has 0 spiro atoms.